The first-order valence-corrected chi connectivity index (χ1v) is 9.80. The lowest BCUT2D eigenvalue weighted by molar-refractivity contribution is 0.0941. The van der Waals surface area contributed by atoms with Crippen LogP contribution in [-0.2, 0) is 0 Å². The van der Waals surface area contributed by atoms with Gasteiger partial charge in [-0.25, -0.2) is 4.68 Å². The number of para-hydroxylation sites is 1. The molecule has 0 saturated heterocycles. The van der Waals surface area contributed by atoms with Crippen LogP contribution in [0.1, 0.15) is 24.3 Å². The normalized spacial score (nSPS) is 11.0. The number of nitrogens with zero attached hydrogens (tertiary/aromatic N) is 3. The lowest BCUT2D eigenvalue weighted by Gasteiger charge is -2.18. The topological polar surface area (TPSA) is 50.2 Å². The molecule has 3 aromatic rings. The molecule has 0 saturated carbocycles. The maximum absolute atomic E-state index is 12.8. The van der Waals surface area contributed by atoms with Gasteiger partial charge in [-0.05, 0) is 42.7 Å². The smallest absolute Gasteiger partial charge is 0.270 e. The molecule has 1 aromatic carbocycles. The summed E-state index contributed by atoms with van der Waals surface area (Å²) in [5, 5.41) is 9.72. The van der Waals surface area contributed by atoms with Crippen LogP contribution in [0.2, 0.25) is 0 Å². The summed E-state index contributed by atoms with van der Waals surface area (Å²) in [5.41, 5.74) is 2.25. The number of rotatable bonds is 8. The lowest BCUT2D eigenvalue weighted by Crippen LogP contribution is -2.35. The van der Waals surface area contributed by atoms with Gasteiger partial charge < -0.3 is 10.2 Å². The number of aromatic nitrogens is 2. The highest BCUT2D eigenvalue weighted by Gasteiger charge is 2.18. The first kappa shape index (κ1) is 18.4. The molecule has 1 N–H and O–H groups in total. The lowest BCUT2D eigenvalue weighted by atomic mass is 10.3. The minimum atomic E-state index is -0.101. The summed E-state index contributed by atoms with van der Waals surface area (Å²) in [5.74, 6) is -0.101. The molecule has 0 spiro atoms. The summed E-state index contributed by atoms with van der Waals surface area (Å²) >= 11 is 1.62. The average molecular weight is 369 g/mol. The van der Waals surface area contributed by atoms with Gasteiger partial charge in [0.05, 0.1) is 10.6 Å². The minimum absolute atomic E-state index is 0.101. The Hall–Kier alpha value is -2.44. The predicted octanol–water partition coefficient (Wildman–Crippen LogP) is 3.67. The van der Waals surface area contributed by atoms with E-state index in [1.54, 1.807) is 16.0 Å². The third-order valence-electron chi connectivity index (χ3n) is 4.32. The zero-order valence-electron chi connectivity index (χ0n) is 15.2. The van der Waals surface area contributed by atoms with Gasteiger partial charge in [-0.15, -0.1) is 11.3 Å². The Morgan fingerprint density at radius 1 is 1.15 bits per heavy atom. The summed E-state index contributed by atoms with van der Waals surface area (Å²) in [6.45, 7) is 7.69. The van der Waals surface area contributed by atoms with Crippen LogP contribution in [-0.4, -0.2) is 46.8 Å². The zero-order chi connectivity index (χ0) is 18.4. The van der Waals surface area contributed by atoms with Crippen molar-refractivity contribution in [3.8, 4) is 16.3 Å². The highest BCUT2D eigenvalue weighted by atomic mass is 32.1. The molecule has 0 aliphatic rings. The van der Waals surface area contributed by atoms with Gasteiger partial charge in [-0.3, -0.25) is 4.79 Å². The van der Waals surface area contributed by atoms with E-state index in [4.69, 9.17) is 0 Å². The van der Waals surface area contributed by atoms with Crippen molar-refractivity contribution in [1.29, 1.82) is 0 Å². The van der Waals surface area contributed by atoms with Crippen molar-refractivity contribution < 1.29 is 4.79 Å². The third kappa shape index (κ3) is 4.20. The van der Waals surface area contributed by atoms with E-state index >= 15 is 0 Å². The summed E-state index contributed by atoms with van der Waals surface area (Å²) in [6, 6.07) is 15.6. The van der Waals surface area contributed by atoms with E-state index in [0.717, 1.165) is 35.9 Å². The number of benzene rings is 1. The van der Waals surface area contributed by atoms with E-state index in [-0.39, 0.29) is 5.91 Å². The number of hydrogen-bond acceptors (Lipinski definition) is 4. The molecule has 6 heteroatoms. The molecule has 0 aliphatic carbocycles. The van der Waals surface area contributed by atoms with E-state index < -0.39 is 0 Å². The van der Waals surface area contributed by atoms with Gasteiger partial charge in [-0.1, -0.05) is 38.1 Å². The molecular weight excluding hydrogens is 344 g/mol. The van der Waals surface area contributed by atoms with E-state index in [1.165, 1.54) is 0 Å². The molecule has 0 unspecified atom stereocenters. The SMILES string of the molecule is CCN(CC)CCNC(=O)c1cc(-c2cccs2)nn1-c1ccccc1. The van der Waals surface area contributed by atoms with Gasteiger partial charge in [0, 0.05) is 13.1 Å². The predicted molar refractivity (Wildman–Crippen MR) is 107 cm³/mol. The van der Waals surface area contributed by atoms with Crippen molar-refractivity contribution in [2.75, 3.05) is 26.2 Å². The molecule has 0 bridgehead atoms. The molecule has 2 heterocycles. The molecule has 0 fully saturated rings. The maximum atomic E-state index is 12.8. The number of carbonyl (C=O) groups excluding carboxylic acids is 1. The monoisotopic (exact) mass is 368 g/mol. The van der Waals surface area contributed by atoms with Crippen molar-refractivity contribution in [2.45, 2.75) is 13.8 Å². The Morgan fingerprint density at radius 3 is 2.58 bits per heavy atom. The van der Waals surface area contributed by atoms with Gasteiger partial charge >= 0.3 is 0 Å². The first-order chi connectivity index (χ1) is 12.7. The fraction of sp³-hybridized carbons (Fsp3) is 0.300. The van der Waals surface area contributed by atoms with Crippen molar-refractivity contribution in [3.63, 3.8) is 0 Å². The Balaban J connectivity index is 1.84. The third-order valence-corrected chi connectivity index (χ3v) is 5.22. The number of amides is 1. The van der Waals surface area contributed by atoms with Crippen LogP contribution in [0.4, 0.5) is 0 Å². The molecule has 1 amide bonds. The summed E-state index contributed by atoms with van der Waals surface area (Å²) in [4.78, 5) is 16.1. The number of likely N-dealkylation sites (N-methyl/N-ethyl adjacent to an activating group) is 1. The van der Waals surface area contributed by atoms with Gasteiger partial charge in [0.2, 0.25) is 0 Å². The van der Waals surface area contributed by atoms with Crippen molar-refractivity contribution in [1.82, 2.24) is 20.0 Å². The number of nitrogens with one attached hydrogen (secondary N) is 1. The van der Waals surface area contributed by atoms with Crippen LogP contribution in [0, 0.1) is 0 Å². The van der Waals surface area contributed by atoms with E-state index in [1.807, 2.05) is 53.9 Å². The quantitative estimate of drug-likeness (QED) is 0.660. The Bertz CT molecular complexity index is 823. The van der Waals surface area contributed by atoms with Gasteiger partial charge in [0.1, 0.15) is 11.4 Å². The Labute approximate surface area is 158 Å². The number of thiophene rings is 1. The number of hydrogen-bond donors (Lipinski definition) is 1. The molecule has 0 aliphatic heterocycles. The van der Waals surface area contributed by atoms with Crippen LogP contribution in [0.15, 0.2) is 53.9 Å². The van der Waals surface area contributed by atoms with Crippen LogP contribution >= 0.6 is 11.3 Å². The van der Waals surface area contributed by atoms with E-state index in [9.17, 15) is 4.79 Å². The molecule has 5 nitrogen and oxygen atoms in total. The fourth-order valence-corrected chi connectivity index (χ4v) is 3.49. The molecule has 26 heavy (non-hydrogen) atoms. The molecule has 0 radical (unpaired) electrons. The Morgan fingerprint density at radius 2 is 1.92 bits per heavy atom. The molecular formula is C20H24N4OS. The second-order valence-corrected chi connectivity index (χ2v) is 6.87. The molecule has 136 valence electrons. The summed E-state index contributed by atoms with van der Waals surface area (Å²) in [7, 11) is 0. The highest BCUT2D eigenvalue weighted by molar-refractivity contribution is 7.13. The minimum Gasteiger partial charge on any atom is -0.349 e. The van der Waals surface area contributed by atoms with Crippen LogP contribution < -0.4 is 5.32 Å². The Kier molecular flexibility index (Phi) is 6.20. The summed E-state index contributed by atoms with van der Waals surface area (Å²) in [6.07, 6.45) is 0. The fourth-order valence-electron chi connectivity index (χ4n) is 2.81. The van der Waals surface area contributed by atoms with Crippen molar-refractivity contribution in [3.05, 3.63) is 59.6 Å². The van der Waals surface area contributed by atoms with Crippen molar-refractivity contribution >= 4 is 17.2 Å². The van der Waals surface area contributed by atoms with E-state index in [2.05, 4.69) is 29.2 Å². The van der Waals surface area contributed by atoms with E-state index in [0.29, 0.717) is 12.2 Å². The number of carbonyl (C=O) groups is 1. The van der Waals surface area contributed by atoms with Gasteiger partial charge in [-0.2, -0.15) is 5.10 Å². The molecule has 3 rings (SSSR count). The highest BCUT2D eigenvalue weighted by Crippen LogP contribution is 2.25. The average Bonchev–Trinajstić information content (AvgIpc) is 3.35. The largest absolute Gasteiger partial charge is 0.349 e. The first-order valence-electron chi connectivity index (χ1n) is 8.92. The van der Waals surface area contributed by atoms with Gasteiger partial charge in [0.25, 0.3) is 5.91 Å². The molecule has 0 atom stereocenters. The van der Waals surface area contributed by atoms with Crippen molar-refractivity contribution in [2.24, 2.45) is 0 Å². The van der Waals surface area contributed by atoms with Crippen LogP contribution in [0.3, 0.4) is 0 Å². The second-order valence-electron chi connectivity index (χ2n) is 5.92. The second kappa shape index (κ2) is 8.78. The van der Waals surface area contributed by atoms with Crippen LogP contribution in [0.5, 0.6) is 0 Å². The standard InChI is InChI=1S/C20H24N4OS/c1-3-23(4-2)13-12-21-20(25)18-15-17(19-11-8-14-26-19)22-24(18)16-9-6-5-7-10-16/h5-11,14-15H,3-4,12-13H2,1-2H3,(H,21,25). The maximum Gasteiger partial charge on any atom is 0.270 e. The van der Waals surface area contributed by atoms with Crippen LogP contribution in [0.25, 0.3) is 16.3 Å². The summed E-state index contributed by atoms with van der Waals surface area (Å²) < 4.78 is 1.72. The zero-order valence-corrected chi connectivity index (χ0v) is 16.0. The molecule has 2 aromatic heterocycles. The van der Waals surface area contributed by atoms with Gasteiger partial charge in [0.15, 0.2) is 0 Å².